The van der Waals surface area contributed by atoms with E-state index in [0.29, 0.717) is 0 Å². The largest absolute Gasteiger partial charge is 0.274 e. The lowest BCUT2D eigenvalue weighted by atomic mass is 13.0. The molecule has 0 saturated heterocycles. The van der Waals surface area contributed by atoms with Gasteiger partial charge in [-0.3, -0.25) is 33.9 Å². The zero-order chi connectivity index (χ0) is 6.00. The van der Waals surface area contributed by atoms with Gasteiger partial charge in [0.1, 0.15) is 0 Å². The van der Waals surface area contributed by atoms with Crippen molar-refractivity contribution in [3.8, 4) is 0 Å². The third kappa shape index (κ3) is 497. The molecule has 0 aliphatic carbocycles. The van der Waals surface area contributed by atoms with Crippen LogP contribution >= 0.6 is 0 Å². The number of hydrazine groups is 2. The van der Waals surface area contributed by atoms with Crippen LogP contribution in [0.2, 0.25) is 0 Å². The molecule has 0 aliphatic heterocycles. The summed E-state index contributed by atoms with van der Waals surface area (Å²) in [6.45, 7) is 0. The molecule has 0 aromatic carbocycles. The molecule has 0 rings (SSSR count). The van der Waals surface area contributed by atoms with Crippen molar-refractivity contribution in [3.05, 3.63) is 0 Å². The summed E-state index contributed by atoms with van der Waals surface area (Å²) < 4.78 is 0. The van der Waals surface area contributed by atoms with E-state index in [2.05, 4.69) is 23.4 Å². The molecule has 0 bridgehead atoms. The Morgan fingerprint density at radius 1 is 0.667 bits per heavy atom. The molecule has 0 amide bonds. The third-order valence-electron chi connectivity index (χ3n) is 0. The quantitative estimate of drug-likeness (QED) is 0.114. The summed E-state index contributed by atoms with van der Waals surface area (Å²) in [5.74, 6) is 16.0. The zero-order valence-electron chi connectivity index (χ0n) is 3.20. The summed E-state index contributed by atoms with van der Waals surface area (Å²) in [4.78, 5) is 0. The van der Waals surface area contributed by atoms with Crippen molar-refractivity contribution >= 4 is 0 Å². The topological polar surface area (TPSA) is 145 Å². The van der Waals surface area contributed by atoms with Crippen molar-refractivity contribution in [2.45, 2.75) is 0 Å². The Morgan fingerprint density at radius 3 is 0.667 bits per heavy atom. The fourth-order valence-corrected chi connectivity index (χ4v) is 0. The lowest BCUT2D eigenvalue weighted by Crippen LogP contribution is -2.02. The van der Waals surface area contributed by atoms with E-state index in [1.165, 1.54) is 0 Å². The Morgan fingerprint density at radius 2 is 0.667 bits per heavy atom. The van der Waals surface area contributed by atoms with E-state index in [1.54, 1.807) is 0 Å². The van der Waals surface area contributed by atoms with Crippen LogP contribution in [0.15, 0.2) is 0 Å². The van der Waals surface area contributed by atoms with Crippen molar-refractivity contribution in [2.24, 2.45) is 23.4 Å². The first kappa shape index (κ1) is 17.1. The zero-order valence-corrected chi connectivity index (χ0v) is 3.20. The minimum Gasteiger partial charge on any atom is -0.274 e. The fourth-order valence-electron chi connectivity index (χ4n) is 0. The summed E-state index contributed by atoms with van der Waals surface area (Å²) in [5, 5.41) is 12.0. The lowest BCUT2D eigenvalue weighted by Gasteiger charge is -1.27. The Kier molecular flexibility index (Phi) is 3340. The molecule has 0 atom stereocenters. The summed E-state index contributed by atoms with van der Waals surface area (Å²) in [5.41, 5.74) is 0. The molecule has 0 radical (unpaired) electrons. The molecular formula is H10N4O2. The van der Waals surface area contributed by atoms with Gasteiger partial charge in [0.2, 0.25) is 0 Å². The molecule has 0 aromatic rings. The highest BCUT2D eigenvalue weighted by Gasteiger charge is 0.746. The number of rotatable bonds is 0. The van der Waals surface area contributed by atoms with Crippen LogP contribution in [-0.4, -0.2) is 10.5 Å². The van der Waals surface area contributed by atoms with E-state index in [-0.39, 0.29) is 0 Å². The highest BCUT2D eigenvalue weighted by molar-refractivity contribution is 3.26. The predicted octanol–water partition coefficient (Wildman–Crippen LogP) is -2.34. The molecule has 0 aliphatic rings. The fraction of sp³-hybridized carbons (Fsp3) is 0. The monoisotopic (exact) mass is 98.1 g/mol. The minimum atomic E-state index is 4.00. The highest BCUT2D eigenvalue weighted by atomic mass is 17.0. The minimum absolute atomic E-state index is 4.00. The van der Waals surface area contributed by atoms with Crippen LogP contribution in [0.4, 0.5) is 0 Å². The van der Waals surface area contributed by atoms with E-state index >= 15 is 0 Å². The second-order valence-electron chi connectivity index (χ2n) is 0. The standard InChI is InChI=1S/2H4N2.H2O2/c3*1-2/h2*1-2H2;1-2H. The molecule has 42 valence electrons. The van der Waals surface area contributed by atoms with Crippen LogP contribution in [0, 0.1) is 0 Å². The molecular weight excluding hydrogens is 88.0 g/mol. The van der Waals surface area contributed by atoms with E-state index in [1.807, 2.05) is 0 Å². The van der Waals surface area contributed by atoms with Crippen LogP contribution < -0.4 is 23.4 Å². The number of hydrogen-bond donors (Lipinski definition) is 6. The lowest BCUT2D eigenvalue weighted by molar-refractivity contribution is -0.176. The van der Waals surface area contributed by atoms with Crippen molar-refractivity contribution in [3.63, 3.8) is 0 Å². The third-order valence-corrected chi connectivity index (χ3v) is 0. The molecule has 6 nitrogen and oxygen atoms in total. The SMILES string of the molecule is NN.NN.OO. The average molecular weight is 98.1 g/mol. The Balaban J connectivity index is -0.0000000225. The summed E-state index contributed by atoms with van der Waals surface area (Å²) in [7, 11) is 0. The maximum absolute atomic E-state index is 6.00. The first-order valence-corrected chi connectivity index (χ1v) is 0.867. The van der Waals surface area contributed by atoms with Crippen LogP contribution in [0.5, 0.6) is 0 Å². The Hall–Kier alpha value is -0.240. The van der Waals surface area contributed by atoms with Gasteiger partial charge >= 0.3 is 0 Å². The van der Waals surface area contributed by atoms with Gasteiger partial charge in [-0.25, -0.2) is 0 Å². The van der Waals surface area contributed by atoms with Gasteiger partial charge in [-0.15, -0.1) is 0 Å². The van der Waals surface area contributed by atoms with E-state index < -0.39 is 0 Å². The first-order valence-electron chi connectivity index (χ1n) is 0.867. The Labute approximate surface area is 35.2 Å². The van der Waals surface area contributed by atoms with Gasteiger partial charge in [-0.1, -0.05) is 0 Å². The Bertz CT molecular complexity index is 5.51. The van der Waals surface area contributed by atoms with Crippen LogP contribution in [0.25, 0.3) is 0 Å². The van der Waals surface area contributed by atoms with Gasteiger partial charge in [-0.05, 0) is 0 Å². The average Bonchev–Trinajstić information content (AvgIpc) is 1.81. The van der Waals surface area contributed by atoms with Crippen LogP contribution in [0.1, 0.15) is 0 Å². The van der Waals surface area contributed by atoms with Crippen molar-refractivity contribution in [1.29, 1.82) is 0 Å². The van der Waals surface area contributed by atoms with E-state index in [4.69, 9.17) is 10.5 Å². The highest BCUT2D eigenvalue weighted by Crippen LogP contribution is 0.711. The second-order valence-corrected chi connectivity index (χ2v) is 0. The molecule has 0 aromatic heterocycles. The van der Waals surface area contributed by atoms with Gasteiger partial charge in [0, 0.05) is 0 Å². The van der Waals surface area contributed by atoms with Crippen molar-refractivity contribution in [2.75, 3.05) is 0 Å². The normalized spacial score (nSPS) is 3.00. The van der Waals surface area contributed by atoms with E-state index in [0.717, 1.165) is 0 Å². The van der Waals surface area contributed by atoms with Gasteiger partial charge in [0.15, 0.2) is 0 Å². The van der Waals surface area contributed by atoms with Gasteiger partial charge in [-0.2, -0.15) is 0 Å². The maximum atomic E-state index is 6.00. The molecule has 6 heavy (non-hydrogen) atoms. The molecule has 0 spiro atoms. The number of nitrogens with two attached hydrogens (primary N) is 4. The second kappa shape index (κ2) is 1170. The maximum Gasteiger partial charge on any atom is -0.255 e. The summed E-state index contributed by atoms with van der Waals surface area (Å²) >= 11 is 0. The summed E-state index contributed by atoms with van der Waals surface area (Å²) in [6, 6.07) is 0. The van der Waals surface area contributed by atoms with Gasteiger partial charge < -0.3 is 0 Å². The van der Waals surface area contributed by atoms with Gasteiger partial charge in [0.05, 0.1) is 0 Å². The number of hydrogen-bond acceptors (Lipinski definition) is 6. The summed E-state index contributed by atoms with van der Waals surface area (Å²) in [6.07, 6.45) is 0. The van der Waals surface area contributed by atoms with E-state index in [9.17, 15) is 0 Å². The predicted molar refractivity (Wildman–Crippen MR) is 22.0 cm³/mol. The van der Waals surface area contributed by atoms with Crippen molar-refractivity contribution < 1.29 is 10.5 Å². The van der Waals surface area contributed by atoms with Gasteiger partial charge in [0.25, 0.3) is 0 Å². The van der Waals surface area contributed by atoms with Crippen molar-refractivity contribution in [1.82, 2.24) is 0 Å². The first-order chi connectivity index (χ1) is 3.00. The molecule has 0 saturated carbocycles. The smallest absolute Gasteiger partial charge is 0.255 e. The molecule has 0 unspecified atom stereocenters. The molecule has 6 heteroatoms. The molecule has 0 fully saturated rings. The molecule has 0 heterocycles. The van der Waals surface area contributed by atoms with Crippen LogP contribution in [0.3, 0.4) is 0 Å². The van der Waals surface area contributed by atoms with Crippen LogP contribution in [-0.2, 0) is 0 Å². The molecule has 10 N–H and O–H groups in total.